The van der Waals surface area contributed by atoms with Crippen molar-refractivity contribution in [3.63, 3.8) is 0 Å². The first-order chi connectivity index (χ1) is 11.5. The van der Waals surface area contributed by atoms with E-state index in [9.17, 15) is 4.79 Å². The molecule has 0 aromatic heterocycles. The van der Waals surface area contributed by atoms with Crippen molar-refractivity contribution < 1.29 is 9.53 Å². The molecular weight excluding hydrogens is 388 g/mol. The van der Waals surface area contributed by atoms with Crippen molar-refractivity contribution >= 4 is 33.3 Å². The van der Waals surface area contributed by atoms with Crippen LogP contribution in [0.4, 0.5) is 0 Å². The molecule has 0 N–H and O–H groups in total. The number of hydrogen-bond donors (Lipinski definition) is 0. The smallest absolute Gasteiger partial charge is 0.170 e. The molecular formula is C20H22BrClO2. The van der Waals surface area contributed by atoms with Gasteiger partial charge in [-0.1, -0.05) is 48.0 Å². The topological polar surface area (TPSA) is 26.3 Å². The van der Waals surface area contributed by atoms with Gasteiger partial charge in [-0.3, -0.25) is 4.79 Å². The van der Waals surface area contributed by atoms with Crippen molar-refractivity contribution in [3.8, 4) is 5.75 Å². The largest absolute Gasteiger partial charge is 0.492 e. The predicted octanol–water partition coefficient (Wildman–Crippen LogP) is 6.08. The average Bonchev–Trinajstić information content (AvgIpc) is 2.58. The van der Waals surface area contributed by atoms with Crippen LogP contribution < -0.4 is 4.74 Å². The normalized spacial score (nSPS) is 12.2. The predicted molar refractivity (Wildman–Crippen MR) is 103 cm³/mol. The molecule has 2 nitrogen and oxygen atoms in total. The molecule has 24 heavy (non-hydrogen) atoms. The van der Waals surface area contributed by atoms with Gasteiger partial charge in [0, 0.05) is 16.0 Å². The number of ether oxygens (including phenoxy) is 1. The first kappa shape index (κ1) is 19.0. The molecule has 2 rings (SSSR count). The van der Waals surface area contributed by atoms with E-state index in [2.05, 4.69) is 29.8 Å². The highest BCUT2D eigenvalue weighted by molar-refractivity contribution is 9.10. The van der Waals surface area contributed by atoms with Gasteiger partial charge in [0.2, 0.25) is 0 Å². The van der Waals surface area contributed by atoms with Crippen LogP contribution in [-0.2, 0) is 0 Å². The summed E-state index contributed by atoms with van der Waals surface area (Å²) in [4.78, 5) is 13.1. The lowest BCUT2D eigenvalue weighted by atomic mass is 9.84. The molecule has 0 fully saturated rings. The van der Waals surface area contributed by atoms with E-state index in [0.29, 0.717) is 24.0 Å². The summed E-state index contributed by atoms with van der Waals surface area (Å²) < 4.78 is 6.45. The number of alkyl halides is 1. The van der Waals surface area contributed by atoms with Gasteiger partial charge in [0.05, 0.1) is 5.88 Å². The summed E-state index contributed by atoms with van der Waals surface area (Å²) in [6, 6.07) is 15.3. The highest BCUT2D eigenvalue weighted by Gasteiger charge is 2.24. The quantitative estimate of drug-likeness (QED) is 0.390. The summed E-state index contributed by atoms with van der Waals surface area (Å²) in [5.74, 6) is 1.58. The van der Waals surface area contributed by atoms with E-state index in [-0.39, 0.29) is 11.7 Å². The van der Waals surface area contributed by atoms with Crippen LogP contribution in [0.2, 0.25) is 0 Å². The Morgan fingerprint density at radius 2 is 1.79 bits per heavy atom. The van der Waals surface area contributed by atoms with E-state index in [4.69, 9.17) is 16.3 Å². The minimum absolute atomic E-state index is 0.138. The van der Waals surface area contributed by atoms with E-state index in [1.54, 1.807) is 0 Å². The second-order valence-corrected chi connectivity index (χ2v) is 7.36. The van der Waals surface area contributed by atoms with Crippen LogP contribution in [0.1, 0.15) is 42.1 Å². The van der Waals surface area contributed by atoms with Gasteiger partial charge in [-0.15, -0.1) is 11.6 Å². The lowest BCUT2D eigenvalue weighted by Crippen LogP contribution is -2.16. The monoisotopic (exact) mass is 408 g/mol. The molecule has 0 heterocycles. The van der Waals surface area contributed by atoms with Crippen LogP contribution in [0.3, 0.4) is 0 Å². The summed E-state index contributed by atoms with van der Waals surface area (Å²) >= 11 is 9.21. The molecule has 0 spiro atoms. The number of halogens is 2. The molecule has 0 aliphatic rings. The molecule has 0 bridgehead atoms. The third-order valence-corrected chi connectivity index (χ3v) is 4.67. The zero-order chi connectivity index (χ0) is 17.5. The standard InChI is InChI=1S/C20H22BrClO2/c1-14(2)13-18(17-5-3-4-6-19(17)21)20(23)15-7-9-16(10-8-15)24-12-11-22/h3-10,14,18H,11-13H2,1-2H3. The Kier molecular flexibility index (Phi) is 7.32. The van der Waals surface area contributed by atoms with Crippen molar-refractivity contribution in [2.45, 2.75) is 26.2 Å². The Labute approximate surface area is 157 Å². The number of benzene rings is 2. The van der Waals surface area contributed by atoms with E-state index >= 15 is 0 Å². The number of carbonyl (C=O) groups is 1. The lowest BCUT2D eigenvalue weighted by Gasteiger charge is -2.20. The first-order valence-corrected chi connectivity index (χ1v) is 9.43. The van der Waals surface area contributed by atoms with Gasteiger partial charge in [0.1, 0.15) is 12.4 Å². The highest BCUT2D eigenvalue weighted by Crippen LogP contribution is 2.33. The molecule has 4 heteroatoms. The number of rotatable bonds is 8. The minimum atomic E-state index is -0.157. The van der Waals surface area contributed by atoms with Crippen molar-refractivity contribution in [1.29, 1.82) is 0 Å². The van der Waals surface area contributed by atoms with Crippen molar-refractivity contribution in [1.82, 2.24) is 0 Å². The van der Waals surface area contributed by atoms with Gasteiger partial charge in [-0.05, 0) is 48.2 Å². The molecule has 0 radical (unpaired) electrons. The second kappa shape index (κ2) is 9.24. The summed E-state index contributed by atoms with van der Waals surface area (Å²) in [7, 11) is 0. The SMILES string of the molecule is CC(C)CC(C(=O)c1ccc(OCCCl)cc1)c1ccccc1Br. The number of hydrogen-bond acceptors (Lipinski definition) is 2. The second-order valence-electron chi connectivity index (χ2n) is 6.13. The fraction of sp³-hybridized carbons (Fsp3) is 0.350. The molecule has 0 amide bonds. The number of Topliss-reactive ketones (excluding diaryl/α,β-unsaturated/α-hetero) is 1. The fourth-order valence-corrected chi connectivity index (χ4v) is 3.32. The van der Waals surface area contributed by atoms with Crippen molar-refractivity contribution in [2.75, 3.05) is 12.5 Å². The van der Waals surface area contributed by atoms with Gasteiger partial charge >= 0.3 is 0 Å². The van der Waals surface area contributed by atoms with Crippen LogP contribution >= 0.6 is 27.5 Å². The highest BCUT2D eigenvalue weighted by atomic mass is 79.9. The van der Waals surface area contributed by atoms with Crippen molar-refractivity contribution in [3.05, 3.63) is 64.1 Å². The van der Waals surface area contributed by atoms with Crippen LogP contribution in [0, 0.1) is 5.92 Å². The summed E-state index contributed by atoms with van der Waals surface area (Å²) in [5, 5.41) is 0. The molecule has 2 aromatic carbocycles. The van der Waals surface area contributed by atoms with Crippen molar-refractivity contribution in [2.24, 2.45) is 5.92 Å². The van der Waals surface area contributed by atoms with E-state index in [0.717, 1.165) is 22.2 Å². The van der Waals surface area contributed by atoms with Crippen LogP contribution in [-0.4, -0.2) is 18.3 Å². The van der Waals surface area contributed by atoms with Crippen LogP contribution in [0.5, 0.6) is 5.75 Å². The van der Waals surface area contributed by atoms with Gasteiger partial charge < -0.3 is 4.74 Å². The van der Waals surface area contributed by atoms with E-state index in [1.165, 1.54) is 0 Å². The summed E-state index contributed by atoms with van der Waals surface area (Å²) in [6.07, 6.45) is 0.811. The van der Waals surface area contributed by atoms with Gasteiger partial charge in [-0.25, -0.2) is 0 Å². The van der Waals surface area contributed by atoms with E-state index in [1.807, 2.05) is 48.5 Å². The first-order valence-electron chi connectivity index (χ1n) is 8.10. The molecule has 0 saturated carbocycles. The molecule has 1 unspecified atom stereocenters. The zero-order valence-corrected chi connectivity index (χ0v) is 16.3. The van der Waals surface area contributed by atoms with Gasteiger partial charge in [-0.2, -0.15) is 0 Å². The Balaban J connectivity index is 2.26. The Morgan fingerprint density at radius 1 is 1.12 bits per heavy atom. The van der Waals surface area contributed by atoms with E-state index < -0.39 is 0 Å². The Hall–Kier alpha value is -1.32. The van der Waals surface area contributed by atoms with Crippen LogP contribution in [0.15, 0.2) is 53.0 Å². The van der Waals surface area contributed by atoms with Crippen LogP contribution in [0.25, 0.3) is 0 Å². The number of carbonyl (C=O) groups excluding carboxylic acids is 1. The molecule has 128 valence electrons. The summed E-state index contributed by atoms with van der Waals surface area (Å²) in [5.41, 5.74) is 1.74. The molecule has 0 saturated heterocycles. The Morgan fingerprint density at radius 3 is 2.38 bits per heavy atom. The average molecular weight is 410 g/mol. The number of ketones is 1. The molecule has 2 aromatic rings. The van der Waals surface area contributed by atoms with Gasteiger partial charge in [0.25, 0.3) is 0 Å². The molecule has 1 atom stereocenters. The maximum Gasteiger partial charge on any atom is 0.170 e. The Bertz CT molecular complexity index is 668. The summed E-state index contributed by atoms with van der Waals surface area (Å²) in [6.45, 7) is 4.74. The maximum atomic E-state index is 13.1. The molecule has 0 aliphatic heterocycles. The maximum absolute atomic E-state index is 13.1. The molecule has 0 aliphatic carbocycles. The zero-order valence-electron chi connectivity index (χ0n) is 14.0. The third kappa shape index (κ3) is 5.09. The lowest BCUT2D eigenvalue weighted by molar-refractivity contribution is 0.0948. The fourth-order valence-electron chi connectivity index (χ4n) is 2.68. The van der Waals surface area contributed by atoms with Gasteiger partial charge in [0.15, 0.2) is 5.78 Å². The third-order valence-electron chi connectivity index (χ3n) is 3.79. The minimum Gasteiger partial charge on any atom is -0.492 e.